The predicted molar refractivity (Wildman–Crippen MR) is 117 cm³/mol. The highest BCUT2D eigenvalue weighted by molar-refractivity contribution is 6.05. The van der Waals surface area contributed by atoms with Crippen LogP contribution in [-0.4, -0.2) is 52.7 Å². The molecule has 1 fully saturated rings. The van der Waals surface area contributed by atoms with E-state index in [1.807, 2.05) is 23.1 Å². The maximum Gasteiger partial charge on any atom is 0.255 e. The maximum atomic E-state index is 13.1. The first kappa shape index (κ1) is 22.3. The van der Waals surface area contributed by atoms with Crippen LogP contribution in [0.25, 0.3) is 0 Å². The fourth-order valence-electron chi connectivity index (χ4n) is 4.39. The van der Waals surface area contributed by atoms with Gasteiger partial charge in [-0.25, -0.2) is 0 Å². The Morgan fingerprint density at radius 1 is 1.17 bits per heavy atom. The molecule has 0 saturated heterocycles. The first-order valence-electron chi connectivity index (χ1n) is 11.5. The summed E-state index contributed by atoms with van der Waals surface area (Å²) in [6, 6.07) is 6.98. The van der Waals surface area contributed by atoms with Crippen molar-refractivity contribution in [3.8, 4) is 0 Å². The summed E-state index contributed by atoms with van der Waals surface area (Å²) in [5.74, 6) is -0.376. The second-order valence-electron chi connectivity index (χ2n) is 8.58. The van der Waals surface area contributed by atoms with Gasteiger partial charge in [0.25, 0.3) is 5.91 Å². The molecule has 0 radical (unpaired) electrons. The summed E-state index contributed by atoms with van der Waals surface area (Å²) in [7, 11) is 0. The molecule has 1 heterocycles. The normalized spacial score (nSPS) is 18.8. The van der Waals surface area contributed by atoms with Crippen molar-refractivity contribution in [1.29, 1.82) is 0 Å². The number of benzene rings is 1. The van der Waals surface area contributed by atoms with Crippen LogP contribution in [0.4, 0.5) is 0 Å². The Bertz CT molecular complexity index is 775. The summed E-state index contributed by atoms with van der Waals surface area (Å²) in [5.41, 5.74) is 1.35. The molecular weight excluding hydrogens is 378 g/mol. The van der Waals surface area contributed by atoms with E-state index in [9.17, 15) is 14.4 Å². The molecule has 1 aliphatic carbocycles. The van der Waals surface area contributed by atoms with E-state index in [0.717, 1.165) is 57.1 Å². The highest BCUT2D eigenvalue weighted by Gasteiger charge is 2.47. The minimum atomic E-state index is -0.629. The molecule has 1 aliphatic heterocycles. The molecule has 2 aliphatic rings. The number of amides is 3. The molecule has 2 atom stereocenters. The van der Waals surface area contributed by atoms with E-state index in [2.05, 4.69) is 26.1 Å². The zero-order valence-corrected chi connectivity index (χ0v) is 18.5. The van der Waals surface area contributed by atoms with Crippen LogP contribution < -0.4 is 5.32 Å². The van der Waals surface area contributed by atoms with Crippen LogP contribution >= 0.6 is 0 Å². The molecule has 6 heteroatoms. The van der Waals surface area contributed by atoms with Crippen LogP contribution in [-0.2, 0) is 9.59 Å². The van der Waals surface area contributed by atoms with Gasteiger partial charge in [-0.2, -0.15) is 0 Å². The van der Waals surface area contributed by atoms with Gasteiger partial charge in [0.05, 0.1) is 6.54 Å². The zero-order chi connectivity index (χ0) is 21.7. The number of hydrogen-bond acceptors (Lipinski definition) is 3. The summed E-state index contributed by atoms with van der Waals surface area (Å²) in [4.78, 5) is 42.5. The lowest BCUT2D eigenvalue weighted by Gasteiger charge is -2.30. The Kier molecular flexibility index (Phi) is 7.51. The van der Waals surface area contributed by atoms with Crippen LogP contribution in [0.1, 0.15) is 87.7 Å². The third-order valence-corrected chi connectivity index (χ3v) is 6.16. The second-order valence-corrected chi connectivity index (χ2v) is 8.58. The van der Waals surface area contributed by atoms with Gasteiger partial charge < -0.3 is 15.1 Å². The smallest absolute Gasteiger partial charge is 0.255 e. The van der Waals surface area contributed by atoms with E-state index in [1.54, 1.807) is 11.0 Å². The van der Waals surface area contributed by atoms with E-state index in [-0.39, 0.29) is 36.3 Å². The average Bonchev–Trinajstić information content (AvgIpc) is 3.53. The van der Waals surface area contributed by atoms with Gasteiger partial charge in [-0.3, -0.25) is 14.4 Å². The number of nitrogens with zero attached hydrogens (tertiary/aromatic N) is 2. The zero-order valence-electron chi connectivity index (χ0n) is 18.5. The number of carbonyl (C=O) groups is 3. The fraction of sp³-hybridized carbons (Fsp3) is 0.625. The molecule has 164 valence electrons. The Morgan fingerprint density at radius 2 is 1.90 bits per heavy atom. The van der Waals surface area contributed by atoms with Crippen LogP contribution in [0.5, 0.6) is 0 Å². The minimum Gasteiger partial charge on any atom is -0.345 e. The SMILES string of the molecule is CCCCCN(C(=O)CNC(=O)C1c2ccccc2C(=O)N1C1CC1)C(C)CCC. The fourth-order valence-corrected chi connectivity index (χ4v) is 4.39. The lowest BCUT2D eigenvalue weighted by Crippen LogP contribution is -2.47. The number of hydrogen-bond donors (Lipinski definition) is 1. The van der Waals surface area contributed by atoms with Gasteiger partial charge >= 0.3 is 0 Å². The van der Waals surface area contributed by atoms with Crippen molar-refractivity contribution in [2.75, 3.05) is 13.1 Å². The minimum absolute atomic E-state index is 0.0234. The lowest BCUT2D eigenvalue weighted by molar-refractivity contribution is -0.135. The van der Waals surface area contributed by atoms with Gasteiger partial charge in [0.15, 0.2) is 0 Å². The number of rotatable bonds is 11. The van der Waals surface area contributed by atoms with Gasteiger partial charge in [-0.05, 0) is 44.2 Å². The number of nitrogens with one attached hydrogen (secondary N) is 1. The number of fused-ring (bicyclic) bond motifs is 1. The average molecular weight is 414 g/mol. The van der Waals surface area contributed by atoms with Crippen LogP contribution in [0.3, 0.4) is 0 Å². The molecule has 3 rings (SSSR count). The van der Waals surface area contributed by atoms with Crippen LogP contribution in [0, 0.1) is 0 Å². The molecule has 0 spiro atoms. The van der Waals surface area contributed by atoms with Crippen LogP contribution in [0.15, 0.2) is 24.3 Å². The summed E-state index contributed by atoms with van der Waals surface area (Å²) in [5, 5.41) is 2.84. The predicted octanol–water partition coefficient (Wildman–Crippen LogP) is 3.67. The molecule has 1 saturated carbocycles. The summed E-state index contributed by atoms with van der Waals surface area (Å²) >= 11 is 0. The molecule has 2 unspecified atom stereocenters. The molecule has 1 aromatic carbocycles. The Balaban J connectivity index is 1.66. The highest BCUT2D eigenvalue weighted by atomic mass is 16.2. The van der Waals surface area contributed by atoms with E-state index < -0.39 is 6.04 Å². The molecule has 1 aromatic rings. The van der Waals surface area contributed by atoms with E-state index >= 15 is 0 Å². The van der Waals surface area contributed by atoms with Crippen molar-refractivity contribution in [2.45, 2.75) is 83.8 Å². The van der Waals surface area contributed by atoms with Gasteiger partial charge in [-0.1, -0.05) is 51.3 Å². The number of unbranched alkanes of at least 4 members (excludes halogenated alkanes) is 2. The Hall–Kier alpha value is -2.37. The monoisotopic (exact) mass is 413 g/mol. The van der Waals surface area contributed by atoms with Crippen molar-refractivity contribution in [3.05, 3.63) is 35.4 Å². The molecular formula is C24H35N3O3. The van der Waals surface area contributed by atoms with E-state index in [1.165, 1.54) is 0 Å². The third-order valence-electron chi connectivity index (χ3n) is 6.16. The van der Waals surface area contributed by atoms with Crippen molar-refractivity contribution in [1.82, 2.24) is 15.1 Å². The topological polar surface area (TPSA) is 69.7 Å². The Morgan fingerprint density at radius 3 is 2.57 bits per heavy atom. The molecule has 30 heavy (non-hydrogen) atoms. The van der Waals surface area contributed by atoms with Gasteiger partial charge in [0.2, 0.25) is 11.8 Å². The van der Waals surface area contributed by atoms with Gasteiger partial charge in [-0.15, -0.1) is 0 Å². The largest absolute Gasteiger partial charge is 0.345 e. The van der Waals surface area contributed by atoms with Crippen LogP contribution in [0.2, 0.25) is 0 Å². The molecule has 1 N–H and O–H groups in total. The van der Waals surface area contributed by atoms with Crippen molar-refractivity contribution >= 4 is 17.7 Å². The second kappa shape index (κ2) is 10.1. The summed E-state index contributed by atoms with van der Waals surface area (Å²) in [6.45, 7) is 7.05. The Labute approximate surface area is 180 Å². The molecule has 6 nitrogen and oxygen atoms in total. The van der Waals surface area contributed by atoms with Crippen molar-refractivity contribution in [2.24, 2.45) is 0 Å². The maximum absolute atomic E-state index is 13.1. The van der Waals surface area contributed by atoms with E-state index in [4.69, 9.17) is 0 Å². The molecule has 0 bridgehead atoms. The molecule has 3 amide bonds. The van der Waals surface area contributed by atoms with Crippen molar-refractivity contribution < 1.29 is 14.4 Å². The van der Waals surface area contributed by atoms with Gasteiger partial charge in [0.1, 0.15) is 6.04 Å². The summed E-state index contributed by atoms with van der Waals surface area (Å²) in [6.07, 6.45) is 7.00. The summed E-state index contributed by atoms with van der Waals surface area (Å²) < 4.78 is 0. The highest BCUT2D eigenvalue weighted by Crippen LogP contribution is 2.41. The van der Waals surface area contributed by atoms with E-state index in [0.29, 0.717) is 5.56 Å². The third kappa shape index (κ3) is 4.85. The first-order valence-corrected chi connectivity index (χ1v) is 11.5. The van der Waals surface area contributed by atoms with Crippen molar-refractivity contribution in [3.63, 3.8) is 0 Å². The standard InChI is InChI=1S/C24H35N3O3/c1-4-6-9-15-26(17(3)10-5-2)21(28)16-25-23(29)22-19-11-7-8-12-20(19)24(30)27(22)18-13-14-18/h7-8,11-12,17-18,22H,4-6,9-10,13-16H2,1-3H3,(H,25,29). The van der Waals surface area contributed by atoms with Gasteiger partial charge in [0, 0.05) is 24.2 Å². The first-order chi connectivity index (χ1) is 14.5. The molecule has 0 aromatic heterocycles. The quantitative estimate of drug-likeness (QED) is 0.563. The number of carbonyl (C=O) groups excluding carboxylic acids is 3. The lowest BCUT2D eigenvalue weighted by atomic mass is 10.0.